The van der Waals surface area contributed by atoms with Gasteiger partial charge in [0.1, 0.15) is 0 Å². The van der Waals surface area contributed by atoms with Gasteiger partial charge in [-0.05, 0) is 36.2 Å². The van der Waals surface area contributed by atoms with E-state index in [1.54, 1.807) is 6.07 Å². The van der Waals surface area contributed by atoms with Gasteiger partial charge in [-0.25, -0.2) is 4.79 Å². The lowest BCUT2D eigenvalue weighted by atomic mass is 10.2. The first-order chi connectivity index (χ1) is 9.56. The predicted octanol–water partition coefficient (Wildman–Crippen LogP) is 4.73. The normalized spacial score (nSPS) is 10.2. The smallest absolute Gasteiger partial charge is 0.319 e. The SMILES string of the molecule is Cc1ccc(NC(=O)NCc2ccccc2Cl)cc1Br. The van der Waals surface area contributed by atoms with Gasteiger partial charge in [0.05, 0.1) is 0 Å². The highest BCUT2D eigenvalue weighted by atomic mass is 79.9. The summed E-state index contributed by atoms with van der Waals surface area (Å²) in [5.41, 5.74) is 2.74. The van der Waals surface area contributed by atoms with Crippen molar-refractivity contribution in [1.29, 1.82) is 0 Å². The van der Waals surface area contributed by atoms with Crippen LogP contribution in [0.2, 0.25) is 5.02 Å². The van der Waals surface area contributed by atoms with Gasteiger partial charge in [-0.2, -0.15) is 0 Å². The largest absolute Gasteiger partial charge is 0.334 e. The lowest BCUT2D eigenvalue weighted by molar-refractivity contribution is 0.251. The van der Waals surface area contributed by atoms with Crippen LogP contribution in [0.15, 0.2) is 46.9 Å². The summed E-state index contributed by atoms with van der Waals surface area (Å²) in [5.74, 6) is 0. The number of anilines is 1. The van der Waals surface area contributed by atoms with Gasteiger partial charge in [0.2, 0.25) is 0 Å². The van der Waals surface area contributed by atoms with Crippen molar-refractivity contribution in [2.24, 2.45) is 0 Å². The maximum atomic E-state index is 11.8. The molecule has 2 aromatic carbocycles. The van der Waals surface area contributed by atoms with Crippen molar-refractivity contribution in [1.82, 2.24) is 5.32 Å². The van der Waals surface area contributed by atoms with E-state index in [0.29, 0.717) is 11.6 Å². The second-order valence-corrected chi connectivity index (χ2v) is 5.62. The lowest BCUT2D eigenvalue weighted by Gasteiger charge is -2.09. The molecule has 0 heterocycles. The maximum absolute atomic E-state index is 11.8. The Kier molecular flexibility index (Phi) is 5.04. The fraction of sp³-hybridized carbons (Fsp3) is 0.133. The average molecular weight is 354 g/mol. The molecular weight excluding hydrogens is 340 g/mol. The third-order valence-electron chi connectivity index (χ3n) is 2.83. The molecule has 0 spiro atoms. The Morgan fingerprint density at radius 1 is 1.25 bits per heavy atom. The third kappa shape index (κ3) is 3.99. The van der Waals surface area contributed by atoms with Crippen LogP contribution in [-0.4, -0.2) is 6.03 Å². The summed E-state index contributed by atoms with van der Waals surface area (Å²) in [6.07, 6.45) is 0. The van der Waals surface area contributed by atoms with E-state index < -0.39 is 0 Å². The number of nitrogens with one attached hydrogen (secondary N) is 2. The van der Waals surface area contributed by atoms with Crippen LogP contribution in [0.3, 0.4) is 0 Å². The Morgan fingerprint density at radius 3 is 2.70 bits per heavy atom. The predicted molar refractivity (Wildman–Crippen MR) is 86.2 cm³/mol. The van der Waals surface area contributed by atoms with Crippen LogP contribution in [-0.2, 0) is 6.54 Å². The van der Waals surface area contributed by atoms with Crippen molar-refractivity contribution in [3.63, 3.8) is 0 Å². The van der Waals surface area contributed by atoms with Crippen molar-refractivity contribution >= 4 is 39.2 Å². The molecular formula is C15H14BrClN2O. The first kappa shape index (κ1) is 14.9. The molecule has 2 N–H and O–H groups in total. The number of rotatable bonds is 3. The summed E-state index contributed by atoms with van der Waals surface area (Å²) in [4.78, 5) is 11.8. The summed E-state index contributed by atoms with van der Waals surface area (Å²) in [6, 6.07) is 12.8. The fourth-order valence-corrected chi connectivity index (χ4v) is 2.24. The summed E-state index contributed by atoms with van der Waals surface area (Å²) in [6.45, 7) is 2.38. The molecule has 2 aromatic rings. The lowest BCUT2D eigenvalue weighted by Crippen LogP contribution is -2.28. The highest BCUT2D eigenvalue weighted by Gasteiger charge is 2.04. The molecule has 0 atom stereocenters. The minimum absolute atomic E-state index is 0.263. The van der Waals surface area contributed by atoms with Crippen molar-refractivity contribution in [2.75, 3.05) is 5.32 Å². The van der Waals surface area contributed by atoms with Gasteiger partial charge in [-0.3, -0.25) is 0 Å². The Labute approximate surface area is 131 Å². The van der Waals surface area contributed by atoms with E-state index in [1.165, 1.54) is 0 Å². The zero-order chi connectivity index (χ0) is 14.5. The van der Waals surface area contributed by atoms with Crippen molar-refractivity contribution < 1.29 is 4.79 Å². The first-order valence-electron chi connectivity index (χ1n) is 6.10. The molecule has 0 aromatic heterocycles. The molecule has 2 amide bonds. The van der Waals surface area contributed by atoms with Crippen LogP contribution in [0, 0.1) is 6.92 Å². The minimum Gasteiger partial charge on any atom is -0.334 e. The van der Waals surface area contributed by atoms with Gasteiger partial charge in [0, 0.05) is 21.7 Å². The molecule has 0 fully saturated rings. The maximum Gasteiger partial charge on any atom is 0.319 e. The molecule has 5 heteroatoms. The number of carbonyl (C=O) groups excluding carboxylic acids is 1. The van der Waals surface area contributed by atoms with Gasteiger partial charge in [0.25, 0.3) is 0 Å². The molecule has 104 valence electrons. The van der Waals surface area contributed by atoms with Crippen LogP contribution < -0.4 is 10.6 Å². The first-order valence-corrected chi connectivity index (χ1v) is 7.28. The minimum atomic E-state index is -0.263. The second-order valence-electron chi connectivity index (χ2n) is 4.36. The van der Waals surface area contributed by atoms with E-state index in [9.17, 15) is 4.79 Å². The number of aryl methyl sites for hydroxylation is 1. The van der Waals surface area contributed by atoms with Gasteiger partial charge < -0.3 is 10.6 Å². The summed E-state index contributed by atoms with van der Waals surface area (Å²) >= 11 is 9.46. The van der Waals surface area contributed by atoms with Gasteiger partial charge in [-0.1, -0.05) is 51.8 Å². The number of hydrogen-bond donors (Lipinski definition) is 2. The van der Waals surface area contributed by atoms with Crippen molar-refractivity contribution in [3.8, 4) is 0 Å². The van der Waals surface area contributed by atoms with E-state index in [1.807, 2.05) is 43.3 Å². The van der Waals surface area contributed by atoms with E-state index >= 15 is 0 Å². The van der Waals surface area contributed by atoms with E-state index in [2.05, 4.69) is 26.6 Å². The Hall–Kier alpha value is -1.52. The number of hydrogen-bond acceptors (Lipinski definition) is 1. The molecule has 0 saturated carbocycles. The van der Waals surface area contributed by atoms with Gasteiger partial charge in [-0.15, -0.1) is 0 Å². The molecule has 20 heavy (non-hydrogen) atoms. The average Bonchev–Trinajstić information content (AvgIpc) is 2.42. The monoisotopic (exact) mass is 352 g/mol. The zero-order valence-electron chi connectivity index (χ0n) is 10.9. The molecule has 0 aliphatic heterocycles. The Bertz CT molecular complexity index is 631. The fourth-order valence-electron chi connectivity index (χ4n) is 1.66. The van der Waals surface area contributed by atoms with Gasteiger partial charge >= 0.3 is 6.03 Å². The highest BCUT2D eigenvalue weighted by Crippen LogP contribution is 2.20. The Morgan fingerprint density at radius 2 is 2.00 bits per heavy atom. The Balaban J connectivity index is 1.93. The molecule has 0 radical (unpaired) electrons. The highest BCUT2D eigenvalue weighted by molar-refractivity contribution is 9.10. The number of benzene rings is 2. The quantitative estimate of drug-likeness (QED) is 0.822. The summed E-state index contributed by atoms with van der Waals surface area (Å²) in [5, 5.41) is 6.19. The number of urea groups is 1. The van der Waals surface area contributed by atoms with E-state index in [0.717, 1.165) is 21.3 Å². The molecule has 0 bridgehead atoms. The second kappa shape index (κ2) is 6.77. The standard InChI is InChI=1S/C15H14BrClN2O/c1-10-6-7-12(8-13(10)16)19-15(20)18-9-11-4-2-3-5-14(11)17/h2-8H,9H2,1H3,(H2,18,19,20). The molecule has 0 saturated heterocycles. The van der Waals surface area contributed by atoms with Crippen molar-refractivity contribution in [3.05, 3.63) is 63.1 Å². The molecule has 3 nitrogen and oxygen atoms in total. The molecule has 0 aliphatic carbocycles. The van der Waals surface area contributed by atoms with Crippen LogP contribution >= 0.6 is 27.5 Å². The third-order valence-corrected chi connectivity index (χ3v) is 4.05. The van der Waals surface area contributed by atoms with Crippen LogP contribution in [0.5, 0.6) is 0 Å². The molecule has 0 unspecified atom stereocenters. The zero-order valence-corrected chi connectivity index (χ0v) is 13.3. The van der Waals surface area contributed by atoms with Crippen LogP contribution in [0.4, 0.5) is 10.5 Å². The van der Waals surface area contributed by atoms with Gasteiger partial charge in [0.15, 0.2) is 0 Å². The summed E-state index contributed by atoms with van der Waals surface area (Å²) in [7, 11) is 0. The van der Waals surface area contributed by atoms with Crippen LogP contribution in [0.1, 0.15) is 11.1 Å². The topological polar surface area (TPSA) is 41.1 Å². The van der Waals surface area contributed by atoms with Crippen molar-refractivity contribution in [2.45, 2.75) is 13.5 Å². The van der Waals surface area contributed by atoms with E-state index in [4.69, 9.17) is 11.6 Å². The molecule has 0 aliphatic rings. The number of carbonyl (C=O) groups is 1. The molecule has 2 rings (SSSR count). The number of amides is 2. The van der Waals surface area contributed by atoms with E-state index in [-0.39, 0.29) is 6.03 Å². The summed E-state index contributed by atoms with van der Waals surface area (Å²) < 4.78 is 0.960. The number of halogens is 2. The van der Waals surface area contributed by atoms with Crippen LogP contribution in [0.25, 0.3) is 0 Å².